The summed E-state index contributed by atoms with van der Waals surface area (Å²) in [5.41, 5.74) is 5.89. The van der Waals surface area contributed by atoms with Crippen LogP contribution in [0.2, 0.25) is 0 Å². The van der Waals surface area contributed by atoms with E-state index in [4.69, 9.17) is 4.74 Å². The number of amides is 1. The van der Waals surface area contributed by atoms with E-state index in [9.17, 15) is 9.18 Å². The standard InChI is InChI=1S/C25H22FN5O2S/c1-16-6-5-7-19(14-16)27-24(32)23-22(17-10-12-18(26)13-11-17)30-31-21(28-29-25(31)34-23)15-33-20-8-3-2-4-9-20/h2-14,22-23,30H,15H2,1H3,(H,27,32)/t22-,23-/m0/s1. The van der Waals surface area contributed by atoms with E-state index in [0.29, 0.717) is 22.4 Å². The number of nitrogens with one attached hydrogen (secondary N) is 2. The number of carbonyl (C=O) groups is 1. The van der Waals surface area contributed by atoms with Crippen LogP contribution in [0.5, 0.6) is 5.75 Å². The number of rotatable bonds is 6. The first-order valence-corrected chi connectivity index (χ1v) is 11.6. The largest absolute Gasteiger partial charge is 0.486 e. The number of halogens is 1. The predicted octanol–water partition coefficient (Wildman–Crippen LogP) is 4.70. The number of aromatic nitrogens is 3. The average Bonchev–Trinajstić information content (AvgIpc) is 3.25. The monoisotopic (exact) mass is 475 g/mol. The molecule has 0 saturated carbocycles. The first-order valence-electron chi connectivity index (χ1n) is 10.8. The second-order valence-corrected chi connectivity index (χ2v) is 9.00. The van der Waals surface area contributed by atoms with Gasteiger partial charge in [0.25, 0.3) is 0 Å². The summed E-state index contributed by atoms with van der Waals surface area (Å²) in [5, 5.41) is 11.5. The van der Waals surface area contributed by atoms with Crippen LogP contribution in [-0.2, 0) is 11.4 Å². The smallest absolute Gasteiger partial charge is 0.240 e. The lowest BCUT2D eigenvalue weighted by molar-refractivity contribution is -0.116. The number of thioether (sulfide) groups is 1. The molecule has 2 atom stereocenters. The average molecular weight is 476 g/mol. The van der Waals surface area contributed by atoms with Crippen molar-refractivity contribution in [2.45, 2.75) is 30.0 Å². The van der Waals surface area contributed by atoms with Crippen molar-refractivity contribution in [3.05, 3.63) is 102 Å². The molecule has 9 heteroatoms. The number of hydrogen-bond acceptors (Lipinski definition) is 6. The first-order chi connectivity index (χ1) is 16.6. The number of hydrogen-bond donors (Lipinski definition) is 2. The van der Waals surface area contributed by atoms with Gasteiger partial charge >= 0.3 is 0 Å². The zero-order valence-corrected chi connectivity index (χ0v) is 19.1. The summed E-state index contributed by atoms with van der Waals surface area (Å²) >= 11 is 1.30. The van der Waals surface area contributed by atoms with Gasteiger partial charge in [-0.05, 0) is 54.4 Å². The van der Waals surface area contributed by atoms with Crippen molar-refractivity contribution in [2.24, 2.45) is 0 Å². The molecular weight excluding hydrogens is 453 g/mol. The number of ether oxygens (including phenoxy) is 1. The molecule has 7 nitrogen and oxygen atoms in total. The maximum atomic E-state index is 13.6. The van der Waals surface area contributed by atoms with E-state index < -0.39 is 11.3 Å². The van der Waals surface area contributed by atoms with Crippen molar-refractivity contribution in [1.29, 1.82) is 0 Å². The highest BCUT2D eigenvalue weighted by Gasteiger charge is 2.38. The molecule has 172 valence electrons. The number of nitrogens with zero attached hydrogens (tertiary/aromatic N) is 3. The third-order valence-electron chi connectivity index (χ3n) is 5.39. The highest BCUT2D eigenvalue weighted by molar-refractivity contribution is 8.00. The van der Waals surface area contributed by atoms with E-state index in [1.807, 2.05) is 61.5 Å². The Hall–Kier alpha value is -3.85. The van der Waals surface area contributed by atoms with Crippen molar-refractivity contribution in [3.63, 3.8) is 0 Å². The van der Waals surface area contributed by atoms with Crippen molar-refractivity contribution in [1.82, 2.24) is 14.9 Å². The Morgan fingerprint density at radius 1 is 1.09 bits per heavy atom. The summed E-state index contributed by atoms with van der Waals surface area (Å²) in [4.78, 5) is 13.3. The van der Waals surface area contributed by atoms with E-state index >= 15 is 0 Å². The molecule has 1 aliphatic heterocycles. The summed E-state index contributed by atoms with van der Waals surface area (Å²) in [6, 6.07) is 22.7. The third kappa shape index (κ3) is 4.74. The van der Waals surface area contributed by atoms with E-state index in [0.717, 1.165) is 11.1 Å². The van der Waals surface area contributed by atoms with Crippen LogP contribution in [0.1, 0.15) is 23.0 Å². The zero-order chi connectivity index (χ0) is 23.5. The summed E-state index contributed by atoms with van der Waals surface area (Å²) in [7, 11) is 0. The molecule has 1 aliphatic rings. The lowest BCUT2D eigenvalue weighted by Crippen LogP contribution is -2.41. The summed E-state index contributed by atoms with van der Waals surface area (Å²) < 4.78 is 21.2. The fourth-order valence-electron chi connectivity index (χ4n) is 3.71. The molecule has 0 aliphatic carbocycles. The van der Waals surface area contributed by atoms with Gasteiger partial charge in [0.1, 0.15) is 23.4 Å². The van der Waals surface area contributed by atoms with Gasteiger partial charge in [-0.25, -0.2) is 9.07 Å². The fourth-order valence-corrected chi connectivity index (χ4v) is 4.81. The van der Waals surface area contributed by atoms with Crippen LogP contribution in [0.3, 0.4) is 0 Å². The Balaban J connectivity index is 1.42. The number of benzene rings is 3. The molecule has 0 fully saturated rings. The van der Waals surface area contributed by atoms with Gasteiger partial charge in [0, 0.05) is 5.69 Å². The van der Waals surface area contributed by atoms with Gasteiger partial charge < -0.3 is 15.5 Å². The Bertz CT molecular complexity index is 1300. The molecule has 0 bridgehead atoms. The van der Waals surface area contributed by atoms with Crippen molar-refractivity contribution in [3.8, 4) is 5.75 Å². The molecule has 0 unspecified atom stereocenters. The first kappa shape index (κ1) is 22.0. The Kier molecular flexibility index (Phi) is 6.18. The fraction of sp³-hybridized carbons (Fsp3) is 0.160. The van der Waals surface area contributed by atoms with Gasteiger partial charge in [-0.2, -0.15) is 0 Å². The minimum atomic E-state index is -0.564. The molecule has 5 rings (SSSR count). The molecule has 0 spiro atoms. The molecule has 0 radical (unpaired) electrons. The molecule has 1 amide bonds. The molecule has 1 aromatic heterocycles. The lowest BCUT2D eigenvalue weighted by Gasteiger charge is -2.33. The maximum Gasteiger partial charge on any atom is 0.240 e. The van der Waals surface area contributed by atoms with Crippen LogP contribution in [0, 0.1) is 12.7 Å². The minimum absolute atomic E-state index is 0.186. The second kappa shape index (κ2) is 9.56. The van der Waals surface area contributed by atoms with Gasteiger partial charge in [0.2, 0.25) is 11.1 Å². The summed E-state index contributed by atoms with van der Waals surface area (Å²) in [6.07, 6.45) is 0. The number of anilines is 1. The van der Waals surface area contributed by atoms with Crippen LogP contribution in [-0.4, -0.2) is 26.0 Å². The summed E-state index contributed by atoms with van der Waals surface area (Å²) in [6.45, 7) is 2.16. The highest BCUT2D eigenvalue weighted by atomic mass is 32.2. The molecule has 2 N–H and O–H groups in total. The molecule has 3 aromatic carbocycles. The lowest BCUT2D eigenvalue weighted by atomic mass is 10.0. The number of aryl methyl sites for hydroxylation is 1. The second-order valence-electron chi connectivity index (χ2n) is 7.89. The SMILES string of the molecule is Cc1cccc(NC(=O)[C@H]2Sc3nnc(COc4ccccc4)n3N[C@H]2c2ccc(F)cc2)c1. The van der Waals surface area contributed by atoms with Gasteiger partial charge in [-0.15, -0.1) is 10.2 Å². The van der Waals surface area contributed by atoms with Gasteiger partial charge in [0.15, 0.2) is 5.82 Å². The minimum Gasteiger partial charge on any atom is -0.486 e. The van der Waals surface area contributed by atoms with E-state index in [1.54, 1.807) is 16.8 Å². The third-order valence-corrected chi connectivity index (χ3v) is 6.60. The molecular formula is C25H22FN5O2S. The van der Waals surface area contributed by atoms with Crippen LogP contribution in [0.15, 0.2) is 84.0 Å². The molecule has 2 heterocycles. The molecule has 4 aromatic rings. The number of fused-ring (bicyclic) bond motifs is 1. The van der Waals surface area contributed by atoms with E-state index in [2.05, 4.69) is 20.9 Å². The normalized spacial score (nSPS) is 16.9. The number of para-hydroxylation sites is 1. The van der Waals surface area contributed by atoms with Crippen LogP contribution < -0.4 is 15.5 Å². The van der Waals surface area contributed by atoms with Gasteiger partial charge in [-0.3, -0.25) is 4.79 Å². The van der Waals surface area contributed by atoms with E-state index in [1.165, 1.54) is 23.9 Å². The summed E-state index contributed by atoms with van der Waals surface area (Å²) in [5.74, 6) is 0.758. The van der Waals surface area contributed by atoms with Crippen LogP contribution in [0.25, 0.3) is 0 Å². The quantitative estimate of drug-likeness (QED) is 0.421. The van der Waals surface area contributed by atoms with Gasteiger partial charge in [0.05, 0.1) is 6.04 Å². The molecule has 34 heavy (non-hydrogen) atoms. The van der Waals surface area contributed by atoms with Crippen LogP contribution >= 0.6 is 11.8 Å². The maximum absolute atomic E-state index is 13.6. The van der Waals surface area contributed by atoms with Crippen molar-refractivity contribution < 1.29 is 13.9 Å². The topological polar surface area (TPSA) is 81.1 Å². The Morgan fingerprint density at radius 2 is 1.88 bits per heavy atom. The van der Waals surface area contributed by atoms with Crippen molar-refractivity contribution >= 4 is 23.4 Å². The van der Waals surface area contributed by atoms with Crippen LogP contribution in [0.4, 0.5) is 10.1 Å². The highest BCUT2D eigenvalue weighted by Crippen LogP contribution is 2.37. The predicted molar refractivity (Wildman–Crippen MR) is 129 cm³/mol. The van der Waals surface area contributed by atoms with Gasteiger partial charge in [-0.1, -0.05) is 54.2 Å². The number of carbonyl (C=O) groups excluding carboxylic acids is 1. The Morgan fingerprint density at radius 3 is 2.65 bits per heavy atom. The van der Waals surface area contributed by atoms with Crippen molar-refractivity contribution in [2.75, 3.05) is 10.7 Å². The zero-order valence-electron chi connectivity index (χ0n) is 18.3. The van der Waals surface area contributed by atoms with E-state index in [-0.39, 0.29) is 18.3 Å². The molecule has 0 saturated heterocycles. The Labute approximate surface area is 200 Å².